The number of nitrogens with one attached hydrogen (secondary N) is 1. The van der Waals surface area contributed by atoms with Crippen LogP contribution in [-0.4, -0.2) is 69.2 Å². The van der Waals surface area contributed by atoms with E-state index in [1.807, 2.05) is 0 Å². The van der Waals surface area contributed by atoms with Crippen molar-refractivity contribution in [3.63, 3.8) is 0 Å². The molecule has 0 spiro atoms. The van der Waals surface area contributed by atoms with Gasteiger partial charge in [0.05, 0.1) is 31.1 Å². The number of likely N-dealkylation sites (tertiary alicyclic amines) is 1. The van der Waals surface area contributed by atoms with Crippen LogP contribution in [0.4, 0.5) is 11.6 Å². The SMILES string of the molecule is [C-]#[N+]c1cnc2cc(C#Cc3nn([C@H]4C[C@H](COC)N(C(=O)C=C)C4)c(NC)c3C(N)=O)ccn12. The first-order valence-corrected chi connectivity index (χ1v) is 10.8. The molecule has 1 aliphatic heterocycles. The third-order valence-corrected chi connectivity index (χ3v) is 5.88. The minimum atomic E-state index is -0.666. The van der Waals surface area contributed by atoms with Gasteiger partial charge in [0.15, 0.2) is 5.69 Å². The molecular formula is C24H24N8O3. The van der Waals surface area contributed by atoms with E-state index in [1.165, 1.54) is 12.3 Å². The summed E-state index contributed by atoms with van der Waals surface area (Å²) in [5.41, 5.74) is 7.32. The zero-order valence-corrected chi connectivity index (χ0v) is 19.4. The van der Waals surface area contributed by atoms with Gasteiger partial charge >= 0.3 is 0 Å². The lowest BCUT2D eigenvalue weighted by molar-refractivity contribution is -0.127. The van der Waals surface area contributed by atoms with Crippen LogP contribution in [0.15, 0.2) is 37.2 Å². The average molecular weight is 473 g/mol. The van der Waals surface area contributed by atoms with Gasteiger partial charge in [-0.05, 0) is 24.5 Å². The van der Waals surface area contributed by atoms with Gasteiger partial charge in [-0.2, -0.15) is 5.10 Å². The van der Waals surface area contributed by atoms with E-state index in [2.05, 4.69) is 38.7 Å². The highest BCUT2D eigenvalue weighted by molar-refractivity contribution is 6.00. The molecule has 11 heteroatoms. The number of methoxy groups -OCH3 is 1. The van der Waals surface area contributed by atoms with E-state index in [-0.39, 0.29) is 29.2 Å². The number of ether oxygens (including phenoxy) is 1. The number of amides is 2. The van der Waals surface area contributed by atoms with Gasteiger partial charge in [0.2, 0.25) is 11.6 Å². The molecule has 11 nitrogen and oxygen atoms in total. The number of fused-ring (bicyclic) bond motifs is 1. The quantitative estimate of drug-likeness (QED) is 0.319. The Kier molecular flexibility index (Phi) is 6.53. The van der Waals surface area contributed by atoms with Gasteiger partial charge in [0.25, 0.3) is 11.7 Å². The Labute approximate surface area is 202 Å². The highest BCUT2D eigenvalue weighted by atomic mass is 16.5. The van der Waals surface area contributed by atoms with Crippen LogP contribution in [0.2, 0.25) is 0 Å². The predicted molar refractivity (Wildman–Crippen MR) is 129 cm³/mol. The van der Waals surface area contributed by atoms with Gasteiger partial charge in [0, 0.05) is 32.3 Å². The normalized spacial score (nSPS) is 17.0. The summed E-state index contributed by atoms with van der Waals surface area (Å²) in [6, 6.07) is 3.12. The molecule has 178 valence electrons. The van der Waals surface area contributed by atoms with Crippen LogP contribution >= 0.6 is 0 Å². The van der Waals surface area contributed by atoms with Crippen molar-refractivity contribution in [2.24, 2.45) is 5.73 Å². The number of hydrogen-bond donors (Lipinski definition) is 2. The molecular weight excluding hydrogens is 448 g/mol. The molecule has 0 unspecified atom stereocenters. The fourth-order valence-corrected chi connectivity index (χ4v) is 4.32. The smallest absolute Gasteiger partial charge is 0.255 e. The second-order valence-corrected chi connectivity index (χ2v) is 7.95. The summed E-state index contributed by atoms with van der Waals surface area (Å²) in [7, 11) is 3.26. The lowest BCUT2D eigenvalue weighted by Gasteiger charge is -2.22. The van der Waals surface area contributed by atoms with Crippen LogP contribution in [0, 0.1) is 18.4 Å². The molecule has 2 atom stereocenters. The van der Waals surface area contributed by atoms with Crippen molar-refractivity contribution in [1.82, 2.24) is 24.1 Å². The second kappa shape index (κ2) is 9.71. The van der Waals surface area contributed by atoms with Crippen LogP contribution in [0.3, 0.4) is 0 Å². The summed E-state index contributed by atoms with van der Waals surface area (Å²) in [5, 5.41) is 7.62. The van der Waals surface area contributed by atoms with E-state index in [0.717, 1.165) is 0 Å². The summed E-state index contributed by atoms with van der Waals surface area (Å²) in [6.45, 7) is 11.5. The van der Waals surface area contributed by atoms with Crippen LogP contribution in [0.25, 0.3) is 10.5 Å². The second-order valence-electron chi connectivity index (χ2n) is 7.95. The number of imidazole rings is 1. The van der Waals surface area contributed by atoms with Crippen LogP contribution in [-0.2, 0) is 9.53 Å². The molecule has 35 heavy (non-hydrogen) atoms. The highest BCUT2D eigenvalue weighted by Gasteiger charge is 2.37. The molecule has 3 aromatic rings. The number of carbonyl (C=O) groups excluding carboxylic acids is 2. The Hall–Kier alpha value is -4.61. The summed E-state index contributed by atoms with van der Waals surface area (Å²) in [5.74, 6) is 5.93. The number of nitrogens with zero attached hydrogens (tertiary/aromatic N) is 6. The predicted octanol–water partition coefficient (Wildman–Crippen LogP) is 1.60. The molecule has 0 aromatic carbocycles. The molecule has 1 saturated heterocycles. The van der Waals surface area contributed by atoms with Gasteiger partial charge in [-0.25, -0.2) is 14.1 Å². The Balaban J connectivity index is 1.72. The molecule has 1 aliphatic rings. The third kappa shape index (κ3) is 4.33. The average Bonchev–Trinajstić information content (AvgIpc) is 3.56. The maximum atomic E-state index is 12.4. The topological polar surface area (TPSA) is 124 Å². The first kappa shape index (κ1) is 23.5. The van der Waals surface area contributed by atoms with E-state index < -0.39 is 5.91 Å². The zero-order chi connectivity index (χ0) is 25.1. The number of nitrogens with two attached hydrogens (primary N) is 1. The summed E-state index contributed by atoms with van der Waals surface area (Å²) in [4.78, 5) is 34.1. The van der Waals surface area contributed by atoms with E-state index in [9.17, 15) is 9.59 Å². The summed E-state index contributed by atoms with van der Waals surface area (Å²) in [6.07, 6.45) is 5.06. The Morgan fingerprint density at radius 1 is 1.46 bits per heavy atom. The van der Waals surface area contributed by atoms with Crippen molar-refractivity contribution in [1.29, 1.82) is 0 Å². The maximum Gasteiger partial charge on any atom is 0.255 e. The third-order valence-electron chi connectivity index (χ3n) is 5.88. The first-order valence-electron chi connectivity index (χ1n) is 10.8. The fourth-order valence-electron chi connectivity index (χ4n) is 4.32. The zero-order valence-electron chi connectivity index (χ0n) is 19.4. The first-order chi connectivity index (χ1) is 16.9. The number of aromatic nitrogens is 4. The van der Waals surface area contributed by atoms with E-state index in [1.54, 1.807) is 46.5 Å². The molecule has 0 bridgehead atoms. The molecule has 0 radical (unpaired) electrons. The minimum absolute atomic E-state index is 0.155. The lowest BCUT2D eigenvalue weighted by Crippen LogP contribution is -2.37. The van der Waals surface area contributed by atoms with Crippen LogP contribution in [0.1, 0.15) is 34.1 Å². The van der Waals surface area contributed by atoms with Crippen molar-refractivity contribution in [2.45, 2.75) is 18.5 Å². The number of anilines is 1. The number of hydrogen-bond acceptors (Lipinski definition) is 6. The number of primary amides is 1. The van der Waals surface area contributed by atoms with Crippen LogP contribution in [0.5, 0.6) is 0 Å². The largest absolute Gasteiger partial charge is 0.383 e. The molecule has 0 aliphatic carbocycles. The molecule has 2 amide bonds. The van der Waals surface area contributed by atoms with Gasteiger partial charge in [-0.15, -0.1) is 0 Å². The van der Waals surface area contributed by atoms with Crippen molar-refractivity contribution < 1.29 is 14.3 Å². The van der Waals surface area contributed by atoms with Gasteiger partial charge < -0.3 is 25.5 Å². The molecule has 1 fully saturated rings. The number of carbonyl (C=O) groups is 2. The molecule has 4 rings (SSSR count). The fraction of sp³-hybridized carbons (Fsp3) is 0.292. The van der Waals surface area contributed by atoms with E-state index >= 15 is 0 Å². The van der Waals surface area contributed by atoms with Gasteiger partial charge in [-0.3, -0.25) is 9.59 Å². The van der Waals surface area contributed by atoms with Gasteiger partial charge in [0.1, 0.15) is 11.4 Å². The maximum absolute atomic E-state index is 12.4. The Bertz CT molecular complexity index is 1420. The van der Waals surface area contributed by atoms with Crippen molar-refractivity contribution in [3.8, 4) is 11.8 Å². The molecule has 0 saturated carbocycles. The summed E-state index contributed by atoms with van der Waals surface area (Å²) >= 11 is 0. The highest BCUT2D eigenvalue weighted by Crippen LogP contribution is 2.32. The van der Waals surface area contributed by atoms with E-state index in [4.69, 9.17) is 17.0 Å². The van der Waals surface area contributed by atoms with Crippen molar-refractivity contribution in [3.05, 3.63) is 65.4 Å². The molecule has 4 heterocycles. The summed E-state index contributed by atoms with van der Waals surface area (Å²) < 4.78 is 8.62. The van der Waals surface area contributed by atoms with E-state index in [0.29, 0.717) is 42.4 Å². The Morgan fingerprint density at radius 3 is 2.91 bits per heavy atom. The number of pyridine rings is 1. The number of rotatable bonds is 6. The van der Waals surface area contributed by atoms with Crippen LogP contribution < -0.4 is 11.1 Å². The monoisotopic (exact) mass is 472 g/mol. The standard InChI is InChI=1S/C24H24N8O3/c1-5-21(33)31-13-16(11-17(31)14-35-4)32-24(27-3)22(23(25)34)18(29-32)7-6-15-8-9-30-19(10-15)28-12-20(30)26-2/h5,8-10,12,16-17,27H,1,11,13-14H2,3-4H3,(H2,25,34)/t16-,17+/m0/s1. The molecule has 3 N–H and O–H groups in total. The minimum Gasteiger partial charge on any atom is -0.383 e. The molecule has 3 aromatic heterocycles. The van der Waals surface area contributed by atoms with Gasteiger partial charge in [-0.1, -0.05) is 19.1 Å². The lowest BCUT2D eigenvalue weighted by atomic mass is 10.1. The van der Waals surface area contributed by atoms with Crippen molar-refractivity contribution >= 4 is 29.1 Å². The Morgan fingerprint density at radius 2 is 2.26 bits per heavy atom. The van der Waals surface area contributed by atoms with Crippen molar-refractivity contribution in [2.75, 3.05) is 32.6 Å².